The van der Waals surface area contributed by atoms with Gasteiger partial charge in [-0.2, -0.15) is 0 Å². The average molecular weight is 337 g/mol. The van der Waals surface area contributed by atoms with E-state index in [1.165, 1.54) is 0 Å². The van der Waals surface area contributed by atoms with Gasteiger partial charge in [-0.1, -0.05) is 35.9 Å². The third kappa shape index (κ3) is 3.74. The summed E-state index contributed by atoms with van der Waals surface area (Å²) in [6.45, 7) is 0. The number of ether oxygens (including phenoxy) is 4. The lowest BCUT2D eigenvalue weighted by Gasteiger charge is -2.37. The van der Waals surface area contributed by atoms with E-state index in [-0.39, 0.29) is 0 Å². The Morgan fingerprint density at radius 1 is 0.826 bits per heavy atom. The van der Waals surface area contributed by atoms with Crippen molar-refractivity contribution in [2.75, 3.05) is 28.4 Å². The van der Waals surface area contributed by atoms with Crippen molar-refractivity contribution < 1.29 is 18.9 Å². The van der Waals surface area contributed by atoms with Crippen molar-refractivity contribution in [3.05, 3.63) is 64.7 Å². The number of halogens is 1. The molecule has 2 rings (SSSR count). The summed E-state index contributed by atoms with van der Waals surface area (Å²) in [5.74, 6) is -1.93. The van der Waals surface area contributed by atoms with Crippen molar-refractivity contribution in [2.24, 2.45) is 0 Å². The largest absolute Gasteiger partial charge is 0.346 e. The molecule has 0 saturated carbocycles. The maximum atomic E-state index is 5.91. The van der Waals surface area contributed by atoms with Crippen LogP contribution in [0.1, 0.15) is 5.56 Å². The molecule has 1 aromatic rings. The molecule has 0 aromatic heterocycles. The number of hydrogen-bond acceptors (Lipinski definition) is 4. The molecule has 1 aliphatic rings. The van der Waals surface area contributed by atoms with E-state index in [0.717, 1.165) is 11.1 Å². The molecule has 0 fully saturated rings. The summed E-state index contributed by atoms with van der Waals surface area (Å²) in [5, 5.41) is 0.697. The molecule has 124 valence electrons. The van der Waals surface area contributed by atoms with Gasteiger partial charge in [0.25, 0.3) is 0 Å². The maximum Gasteiger partial charge on any atom is 0.214 e. The molecule has 23 heavy (non-hydrogen) atoms. The van der Waals surface area contributed by atoms with E-state index in [2.05, 4.69) is 0 Å². The summed E-state index contributed by atoms with van der Waals surface area (Å²) < 4.78 is 22.1. The third-order valence-corrected chi connectivity index (χ3v) is 4.12. The van der Waals surface area contributed by atoms with Gasteiger partial charge in [-0.25, -0.2) is 0 Å². The third-order valence-electron chi connectivity index (χ3n) is 3.86. The monoisotopic (exact) mass is 336 g/mol. The van der Waals surface area contributed by atoms with Gasteiger partial charge in [0.15, 0.2) is 0 Å². The van der Waals surface area contributed by atoms with E-state index >= 15 is 0 Å². The van der Waals surface area contributed by atoms with Gasteiger partial charge in [-0.3, -0.25) is 0 Å². The summed E-state index contributed by atoms with van der Waals surface area (Å²) in [7, 11) is 6.34. The molecule has 0 aliphatic heterocycles. The van der Waals surface area contributed by atoms with Crippen molar-refractivity contribution in [2.45, 2.75) is 11.6 Å². The van der Waals surface area contributed by atoms with Crippen LogP contribution < -0.4 is 0 Å². The predicted octanol–water partition coefficient (Wildman–Crippen LogP) is 3.83. The van der Waals surface area contributed by atoms with Gasteiger partial charge < -0.3 is 18.9 Å². The van der Waals surface area contributed by atoms with Crippen LogP contribution >= 0.6 is 11.6 Å². The van der Waals surface area contributed by atoms with Gasteiger partial charge in [-0.15, -0.1) is 0 Å². The number of hydrogen-bond donors (Lipinski definition) is 0. The normalized spacial score (nSPS) is 19.1. The van der Waals surface area contributed by atoms with E-state index in [1.807, 2.05) is 42.5 Å². The molecule has 0 radical (unpaired) electrons. The minimum atomic E-state index is -0.983. The van der Waals surface area contributed by atoms with Crippen LogP contribution in [0.15, 0.2) is 54.1 Å². The predicted molar refractivity (Wildman–Crippen MR) is 91.2 cm³/mol. The minimum absolute atomic E-state index is 0.697. The van der Waals surface area contributed by atoms with Gasteiger partial charge in [0.05, 0.1) is 0 Å². The van der Waals surface area contributed by atoms with E-state index in [1.54, 1.807) is 40.6 Å². The second kappa shape index (κ2) is 7.43. The molecule has 0 unspecified atom stereocenters. The first kappa shape index (κ1) is 17.9. The van der Waals surface area contributed by atoms with Gasteiger partial charge in [-0.05, 0) is 35.9 Å². The molecule has 0 atom stereocenters. The summed E-state index contributed by atoms with van der Waals surface area (Å²) in [6.07, 6.45) is 9.23. The van der Waals surface area contributed by atoms with Crippen LogP contribution in [0.4, 0.5) is 0 Å². The summed E-state index contributed by atoms with van der Waals surface area (Å²) in [6, 6.07) is 7.54. The van der Waals surface area contributed by atoms with Gasteiger partial charge in [0.1, 0.15) is 0 Å². The van der Waals surface area contributed by atoms with Crippen LogP contribution in [0, 0.1) is 0 Å². The summed E-state index contributed by atoms with van der Waals surface area (Å²) >= 11 is 5.91. The van der Waals surface area contributed by atoms with E-state index < -0.39 is 11.6 Å². The average Bonchev–Trinajstić information content (AvgIpc) is 2.61. The Bertz CT molecular complexity index is 608. The minimum Gasteiger partial charge on any atom is -0.346 e. The first-order valence-electron chi connectivity index (χ1n) is 7.11. The van der Waals surface area contributed by atoms with Crippen LogP contribution in [0.2, 0.25) is 5.02 Å². The van der Waals surface area contributed by atoms with Crippen molar-refractivity contribution in [1.29, 1.82) is 0 Å². The lowest BCUT2D eigenvalue weighted by molar-refractivity contribution is -0.164. The lowest BCUT2D eigenvalue weighted by Crippen LogP contribution is -2.41. The molecule has 0 spiro atoms. The van der Waals surface area contributed by atoms with E-state index in [0.29, 0.717) is 5.02 Å². The summed E-state index contributed by atoms with van der Waals surface area (Å²) in [5.41, 5.74) is 1.77. The molecular weight excluding hydrogens is 316 g/mol. The molecule has 0 saturated heterocycles. The Labute approximate surface area is 141 Å². The topological polar surface area (TPSA) is 36.9 Å². The number of benzene rings is 1. The highest BCUT2D eigenvalue weighted by Crippen LogP contribution is 2.35. The second-order valence-corrected chi connectivity index (χ2v) is 5.46. The molecule has 0 bridgehead atoms. The standard InChI is InChI=1S/C18H21ClO4/c1-20-17(21-2)11-12-18(22-3,23-4)15(13-17)8-5-14-6-9-16(19)10-7-14/h5-13H,1-4H3/b8-5+. The molecule has 0 heterocycles. The Morgan fingerprint density at radius 2 is 1.43 bits per heavy atom. The molecule has 1 aliphatic carbocycles. The van der Waals surface area contributed by atoms with Gasteiger partial charge >= 0.3 is 0 Å². The van der Waals surface area contributed by atoms with Crippen LogP contribution in [0.25, 0.3) is 6.08 Å². The lowest BCUT2D eigenvalue weighted by atomic mass is 9.94. The van der Waals surface area contributed by atoms with Crippen LogP contribution in [-0.2, 0) is 18.9 Å². The molecular formula is C18H21ClO4. The summed E-state index contributed by atoms with van der Waals surface area (Å²) in [4.78, 5) is 0. The SMILES string of the molecule is COC1(OC)C=CC(OC)(OC)C(/C=C/c2ccc(Cl)cc2)=C1. The Hall–Kier alpha value is -1.43. The maximum absolute atomic E-state index is 5.91. The highest BCUT2D eigenvalue weighted by atomic mass is 35.5. The Kier molecular flexibility index (Phi) is 5.79. The van der Waals surface area contributed by atoms with Crippen molar-refractivity contribution in [3.8, 4) is 0 Å². The van der Waals surface area contributed by atoms with Gasteiger partial charge in [0, 0.05) is 39.0 Å². The highest BCUT2D eigenvalue weighted by molar-refractivity contribution is 6.30. The smallest absolute Gasteiger partial charge is 0.214 e. The highest BCUT2D eigenvalue weighted by Gasteiger charge is 2.39. The molecule has 5 heteroatoms. The fraction of sp³-hybridized carbons (Fsp3) is 0.333. The molecule has 0 amide bonds. The van der Waals surface area contributed by atoms with Crippen molar-refractivity contribution >= 4 is 17.7 Å². The number of methoxy groups -OCH3 is 4. The van der Waals surface area contributed by atoms with E-state index in [4.69, 9.17) is 30.5 Å². The van der Waals surface area contributed by atoms with Crippen molar-refractivity contribution in [1.82, 2.24) is 0 Å². The zero-order valence-corrected chi connectivity index (χ0v) is 14.5. The second-order valence-electron chi connectivity index (χ2n) is 5.02. The zero-order chi connectivity index (χ0) is 16.9. The number of rotatable bonds is 6. The Balaban J connectivity index is 2.39. The molecule has 0 N–H and O–H groups in total. The molecule has 1 aromatic carbocycles. The first-order valence-corrected chi connectivity index (χ1v) is 7.49. The van der Waals surface area contributed by atoms with Gasteiger partial charge in [0.2, 0.25) is 11.6 Å². The molecule has 4 nitrogen and oxygen atoms in total. The first-order chi connectivity index (χ1) is 11.0. The van der Waals surface area contributed by atoms with Crippen molar-refractivity contribution in [3.63, 3.8) is 0 Å². The Morgan fingerprint density at radius 3 is 1.96 bits per heavy atom. The fourth-order valence-electron chi connectivity index (χ4n) is 2.40. The zero-order valence-electron chi connectivity index (χ0n) is 13.7. The fourth-order valence-corrected chi connectivity index (χ4v) is 2.53. The van der Waals surface area contributed by atoms with E-state index in [9.17, 15) is 0 Å². The van der Waals surface area contributed by atoms with Crippen LogP contribution in [-0.4, -0.2) is 40.0 Å². The van der Waals surface area contributed by atoms with Crippen LogP contribution in [0.5, 0.6) is 0 Å². The quantitative estimate of drug-likeness (QED) is 0.584. The van der Waals surface area contributed by atoms with Crippen LogP contribution in [0.3, 0.4) is 0 Å².